The van der Waals surface area contributed by atoms with Crippen molar-refractivity contribution < 1.29 is 9.13 Å². The molecular weight excluding hydrogens is 243 g/mol. The van der Waals surface area contributed by atoms with Crippen molar-refractivity contribution in [3.8, 4) is 0 Å². The highest BCUT2D eigenvalue weighted by Crippen LogP contribution is 2.23. The predicted octanol–water partition coefficient (Wildman–Crippen LogP) is 2.58. The second-order valence-corrected chi connectivity index (χ2v) is 5.25. The van der Waals surface area contributed by atoms with Crippen molar-refractivity contribution in [2.75, 3.05) is 25.2 Å². The first-order valence-corrected chi connectivity index (χ1v) is 6.75. The highest BCUT2D eigenvalue weighted by Gasteiger charge is 2.15. The molecule has 3 nitrogen and oxygen atoms in total. The molecule has 0 fully saturated rings. The molecule has 1 rings (SSSR count). The molecule has 4 heteroatoms. The minimum Gasteiger partial charge on any atom is -0.383 e. The van der Waals surface area contributed by atoms with Crippen LogP contribution in [-0.2, 0) is 11.2 Å². The first-order chi connectivity index (χ1) is 8.95. The molecule has 1 aromatic rings. The van der Waals surface area contributed by atoms with E-state index in [0.29, 0.717) is 25.3 Å². The number of nitrogens with two attached hydrogens (primary N) is 1. The quantitative estimate of drug-likeness (QED) is 0.826. The van der Waals surface area contributed by atoms with Crippen molar-refractivity contribution in [3.05, 3.63) is 29.6 Å². The topological polar surface area (TPSA) is 38.5 Å². The molecule has 1 unspecified atom stereocenters. The fourth-order valence-electron chi connectivity index (χ4n) is 2.13. The molecule has 2 N–H and O–H groups in total. The maximum atomic E-state index is 14.2. The first kappa shape index (κ1) is 15.9. The lowest BCUT2D eigenvalue weighted by atomic mass is 10.1. The van der Waals surface area contributed by atoms with Gasteiger partial charge in [-0.3, -0.25) is 0 Å². The zero-order chi connectivity index (χ0) is 14.4. The fraction of sp³-hybridized carbons (Fsp3) is 0.600. The van der Waals surface area contributed by atoms with E-state index < -0.39 is 0 Å². The van der Waals surface area contributed by atoms with Gasteiger partial charge in [0, 0.05) is 25.7 Å². The summed E-state index contributed by atoms with van der Waals surface area (Å²) in [5, 5.41) is 0. The largest absolute Gasteiger partial charge is 0.383 e. The van der Waals surface area contributed by atoms with Crippen molar-refractivity contribution in [3.63, 3.8) is 0 Å². The third kappa shape index (κ3) is 4.80. The van der Waals surface area contributed by atoms with Crippen LogP contribution in [0.4, 0.5) is 10.1 Å². The van der Waals surface area contributed by atoms with Crippen LogP contribution < -0.4 is 10.6 Å². The van der Waals surface area contributed by atoms with E-state index in [9.17, 15) is 4.39 Å². The minimum atomic E-state index is -0.192. The number of hydrogen-bond acceptors (Lipinski definition) is 3. The van der Waals surface area contributed by atoms with Crippen LogP contribution in [0.15, 0.2) is 18.2 Å². The number of anilines is 1. The minimum absolute atomic E-state index is 0.0416. The van der Waals surface area contributed by atoms with E-state index in [4.69, 9.17) is 10.5 Å². The number of halogens is 1. The Hall–Kier alpha value is -1.13. The Morgan fingerprint density at radius 3 is 2.47 bits per heavy atom. The van der Waals surface area contributed by atoms with Crippen molar-refractivity contribution in [1.29, 1.82) is 0 Å². The Kier molecular flexibility index (Phi) is 6.25. The summed E-state index contributed by atoms with van der Waals surface area (Å²) in [7, 11) is 1.65. The molecule has 0 aromatic heterocycles. The maximum Gasteiger partial charge on any atom is 0.146 e. The third-order valence-electron chi connectivity index (χ3n) is 3.04. The van der Waals surface area contributed by atoms with Crippen LogP contribution in [0.2, 0.25) is 0 Å². The molecule has 0 bridgehead atoms. The molecule has 0 amide bonds. The van der Waals surface area contributed by atoms with Crippen LogP contribution in [-0.4, -0.2) is 32.3 Å². The molecule has 0 aliphatic heterocycles. The average molecular weight is 268 g/mol. The molecule has 0 radical (unpaired) electrons. The van der Waals surface area contributed by atoms with Gasteiger partial charge in [0.25, 0.3) is 0 Å². The van der Waals surface area contributed by atoms with E-state index in [-0.39, 0.29) is 17.9 Å². The summed E-state index contributed by atoms with van der Waals surface area (Å²) in [6, 6.07) is 5.64. The van der Waals surface area contributed by atoms with Crippen molar-refractivity contribution in [2.45, 2.75) is 39.3 Å². The van der Waals surface area contributed by atoms with Gasteiger partial charge in [0.2, 0.25) is 0 Å². The Bertz CT molecular complexity index is 394. The molecular formula is C15H25FN2O. The zero-order valence-corrected chi connectivity index (χ0v) is 12.3. The van der Waals surface area contributed by atoms with Crippen LogP contribution in [0, 0.1) is 5.82 Å². The van der Waals surface area contributed by atoms with Crippen molar-refractivity contribution in [2.24, 2.45) is 5.73 Å². The second kappa shape index (κ2) is 7.46. The number of rotatable bonds is 7. The monoisotopic (exact) mass is 268 g/mol. The van der Waals surface area contributed by atoms with Crippen LogP contribution in [0.25, 0.3) is 0 Å². The molecule has 108 valence electrons. The van der Waals surface area contributed by atoms with Gasteiger partial charge in [-0.15, -0.1) is 0 Å². The Labute approximate surface area is 115 Å². The first-order valence-electron chi connectivity index (χ1n) is 6.75. The summed E-state index contributed by atoms with van der Waals surface area (Å²) >= 11 is 0. The molecule has 1 atom stereocenters. The lowest BCUT2D eigenvalue weighted by molar-refractivity contribution is 0.203. The van der Waals surface area contributed by atoms with Crippen molar-refractivity contribution in [1.82, 2.24) is 0 Å². The van der Waals surface area contributed by atoms with Gasteiger partial charge >= 0.3 is 0 Å². The van der Waals surface area contributed by atoms with Gasteiger partial charge in [0.15, 0.2) is 0 Å². The Morgan fingerprint density at radius 2 is 2.00 bits per heavy atom. The van der Waals surface area contributed by atoms with Crippen LogP contribution >= 0.6 is 0 Å². The third-order valence-corrected chi connectivity index (χ3v) is 3.04. The van der Waals surface area contributed by atoms with Crippen molar-refractivity contribution >= 4 is 5.69 Å². The predicted molar refractivity (Wildman–Crippen MR) is 78.1 cm³/mol. The number of methoxy groups -OCH3 is 1. The second-order valence-electron chi connectivity index (χ2n) is 5.25. The standard InChI is InChI=1S/C15H25FN2O/c1-11(2)18(7-8-19-4)15-6-5-13(9-12(3)17)10-14(15)16/h5-6,10-12H,7-9,17H2,1-4H3. The van der Waals surface area contributed by atoms with E-state index in [0.717, 1.165) is 5.56 Å². The summed E-state index contributed by atoms with van der Waals surface area (Å²) in [6.07, 6.45) is 0.691. The van der Waals surface area contributed by atoms with Gasteiger partial charge in [-0.05, 0) is 44.9 Å². The molecule has 0 spiro atoms. The normalized spacial score (nSPS) is 12.8. The fourth-order valence-corrected chi connectivity index (χ4v) is 2.13. The number of hydrogen-bond donors (Lipinski definition) is 1. The van der Waals surface area contributed by atoms with Crippen LogP contribution in [0.5, 0.6) is 0 Å². The van der Waals surface area contributed by atoms with Gasteiger partial charge in [0.05, 0.1) is 12.3 Å². The molecule has 19 heavy (non-hydrogen) atoms. The summed E-state index contributed by atoms with van der Waals surface area (Å²) < 4.78 is 19.3. The van der Waals surface area contributed by atoms with Gasteiger partial charge < -0.3 is 15.4 Å². The summed E-state index contributed by atoms with van der Waals surface area (Å²) in [4.78, 5) is 2.01. The van der Waals surface area contributed by atoms with E-state index in [1.807, 2.05) is 37.8 Å². The van der Waals surface area contributed by atoms with Gasteiger partial charge in [-0.2, -0.15) is 0 Å². The molecule has 0 aliphatic rings. The Morgan fingerprint density at radius 1 is 1.32 bits per heavy atom. The molecule has 1 aromatic carbocycles. The summed E-state index contributed by atoms with van der Waals surface area (Å²) in [5.41, 5.74) is 7.30. The Balaban J connectivity index is 2.91. The number of benzene rings is 1. The smallest absolute Gasteiger partial charge is 0.146 e. The van der Waals surface area contributed by atoms with Gasteiger partial charge in [0.1, 0.15) is 5.82 Å². The molecule has 0 heterocycles. The lowest BCUT2D eigenvalue weighted by Gasteiger charge is -2.29. The highest BCUT2D eigenvalue weighted by atomic mass is 19.1. The van der Waals surface area contributed by atoms with Crippen LogP contribution in [0.3, 0.4) is 0 Å². The van der Waals surface area contributed by atoms with Gasteiger partial charge in [-0.1, -0.05) is 6.07 Å². The molecule has 0 saturated carbocycles. The SMILES string of the molecule is COCCN(c1ccc(CC(C)N)cc1F)C(C)C. The van der Waals surface area contributed by atoms with Gasteiger partial charge in [-0.25, -0.2) is 4.39 Å². The molecule has 0 aliphatic carbocycles. The average Bonchev–Trinajstić information content (AvgIpc) is 2.30. The number of nitrogens with zero attached hydrogens (tertiary/aromatic N) is 1. The lowest BCUT2D eigenvalue weighted by Crippen LogP contribution is -2.34. The zero-order valence-electron chi connectivity index (χ0n) is 12.3. The highest BCUT2D eigenvalue weighted by molar-refractivity contribution is 5.50. The van der Waals surface area contributed by atoms with E-state index in [1.54, 1.807) is 13.2 Å². The molecule has 0 saturated heterocycles. The number of ether oxygens (including phenoxy) is 1. The van der Waals surface area contributed by atoms with Crippen LogP contribution in [0.1, 0.15) is 26.3 Å². The summed E-state index contributed by atoms with van der Waals surface area (Å²) in [6.45, 7) is 7.28. The van der Waals surface area contributed by atoms with E-state index in [1.165, 1.54) is 0 Å². The van der Waals surface area contributed by atoms with E-state index in [2.05, 4.69) is 0 Å². The van der Waals surface area contributed by atoms with E-state index >= 15 is 0 Å². The summed E-state index contributed by atoms with van der Waals surface area (Å²) in [5.74, 6) is -0.192. The maximum absolute atomic E-state index is 14.2.